The molecule has 0 aromatic rings. The number of carbonyl (C=O) groups excluding carboxylic acids is 2. The van der Waals surface area contributed by atoms with Crippen molar-refractivity contribution in [3.63, 3.8) is 0 Å². The quantitative estimate of drug-likeness (QED) is 0.792. The molecule has 1 heterocycles. The maximum atomic E-state index is 11.6. The number of methoxy groups -OCH3 is 1. The van der Waals surface area contributed by atoms with Crippen LogP contribution in [0.1, 0.15) is 34.1 Å². The van der Waals surface area contributed by atoms with Gasteiger partial charge in [0.2, 0.25) is 0 Å². The number of aliphatic imine (C=N–C) groups is 1. The van der Waals surface area contributed by atoms with Gasteiger partial charge in [-0.25, -0.2) is 9.59 Å². The predicted molar refractivity (Wildman–Crippen MR) is 71.0 cm³/mol. The van der Waals surface area contributed by atoms with E-state index < -0.39 is 17.7 Å². The highest BCUT2D eigenvalue weighted by Crippen LogP contribution is 2.15. The van der Waals surface area contributed by atoms with Crippen molar-refractivity contribution in [3.8, 4) is 0 Å². The number of hydrogen-bond acceptors (Lipinski definition) is 5. The lowest BCUT2D eigenvalue weighted by atomic mass is 10.1. The molecule has 1 aliphatic rings. The molecule has 0 spiro atoms. The van der Waals surface area contributed by atoms with E-state index in [1.165, 1.54) is 13.3 Å². The molecule has 1 rings (SSSR count). The van der Waals surface area contributed by atoms with Crippen LogP contribution >= 0.6 is 0 Å². The minimum absolute atomic E-state index is 0.298. The first-order valence-electron chi connectivity index (χ1n) is 6.06. The van der Waals surface area contributed by atoms with Crippen LogP contribution in [0.4, 0.5) is 4.79 Å². The summed E-state index contributed by atoms with van der Waals surface area (Å²) in [6, 6.07) is -0.298. The van der Waals surface area contributed by atoms with Crippen molar-refractivity contribution >= 4 is 17.8 Å². The Labute approximate surface area is 112 Å². The van der Waals surface area contributed by atoms with Gasteiger partial charge >= 0.3 is 12.1 Å². The Morgan fingerprint density at radius 2 is 2.05 bits per heavy atom. The van der Waals surface area contributed by atoms with Crippen molar-refractivity contribution < 1.29 is 19.1 Å². The third kappa shape index (κ3) is 4.73. The monoisotopic (exact) mass is 268 g/mol. The SMILES string of the molecule is COC(=O)C1=CN=C([C@H](C)NC(=O)OC(C)(C)C)C1. The van der Waals surface area contributed by atoms with Gasteiger partial charge in [0.1, 0.15) is 5.60 Å². The average molecular weight is 268 g/mol. The highest BCUT2D eigenvalue weighted by molar-refractivity contribution is 6.03. The molecular weight excluding hydrogens is 248 g/mol. The van der Waals surface area contributed by atoms with E-state index in [2.05, 4.69) is 15.0 Å². The van der Waals surface area contributed by atoms with Crippen molar-refractivity contribution in [1.82, 2.24) is 5.32 Å². The van der Waals surface area contributed by atoms with Crippen LogP contribution in [0.15, 0.2) is 16.8 Å². The minimum Gasteiger partial charge on any atom is -0.466 e. The molecule has 0 aliphatic carbocycles. The number of amides is 1. The fourth-order valence-electron chi connectivity index (χ4n) is 1.54. The van der Waals surface area contributed by atoms with E-state index in [4.69, 9.17) is 4.74 Å². The molecule has 0 fully saturated rings. The summed E-state index contributed by atoms with van der Waals surface area (Å²) in [6.07, 6.45) is 1.34. The summed E-state index contributed by atoms with van der Waals surface area (Å²) in [6.45, 7) is 7.17. The van der Waals surface area contributed by atoms with Gasteiger partial charge in [0.05, 0.1) is 18.7 Å². The zero-order valence-electron chi connectivity index (χ0n) is 11.9. The number of hydrogen-bond donors (Lipinski definition) is 1. The Hall–Kier alpha value is -1.85. The van der Waals surface area contributed by atoms with Crippen LogP contribution in [0.2, 0.25) is 0 Å². The average Bonchev–Trinajstić information content (AvgIpc) is 2.74. The van der Waals surface area contributed by atoms with E-state index in [-0.39, 0.29) is 6.04 Å². The molecule has 0 bridgehead atoms. The van der Waals surface area contributed by atoms with Crippen LogP contribution in [0.5, 0.6) is 0 Å². The Morgan fingerprint density at radius 1 is 1.42 bits per heavy atom. The molecule has 0 saturated heterocycles. The predicted octanol–water partition coefficient (Wildman–Crippen LogP) is 1.80. The molecule has 0 aromatic carbocycles. The van der Waals surface area contributed by atoms with E-state index in [0.717, 1.165) is 0 Å². The second-order valence-corrected chi connectivity index (χ2v) is 5.31. The summed E-state index contributed by atoms with van der Waals surface area (Å²) >= 11 is 0. The Kier molecular flexibility index (Phi) is 4.69. The highest BCUT2D eigenvalue weighted by atomic mass is 16.6. The highest BCUT2D eigenvalue weighted by Gasteiger charge is 2.24. The van der Waals surface area contributed by atoms with Crippen molar-refractivity contribution in [3.05, 3.63) is 11.8 Å². The summed E-state index contributed by atoms with van der Waals surface area (Å²) in [4.78, 5) is 27.0. The van der Waals surface area contributed by atoms with Crippen molar-refractivity contribution in [1.29, 1.82) is 0 Å². The van der Waals surface area contributed by atoms with E-state index >= 15 is 0 Å². The van der Waals surface area contributed by atoms with Gasteiger partial charge in [-0.15, -0.1) is 0 Å². The molecule has 1 amide bonds. The number of nitrogens with zero attached hydrogens (tertiary/aromatic N) is 1. The summed E-state index contributed by atoms with van der Waals surface area (Å²) in [5.74, 6) is -0.400. The fourth-order valence-corrected chi connectivity index (χ4v) is 1.54. The molecule has 0 aromatic heterocycles. The van der Waals surface area contributed by atoms with Gasteiger partial charge in [0, 0.05) is 18.3 Å². The molecule has 0 unspecified atom stereocenters. The van der Waals surface area contributed by atoms with Crippen molar-refractivity contribution in [2.45, 2.75) is 45.8 Å². The largest absolute Gasteiger partial charge is 0.466 e. The standard InChI is InChI=1S/C13H20N2O4/c1-8(15-12(17)19-13(2,3)4)10-6-9(7-14-10)11(16)18-5/h7-8H,6H2,1-5H3,(H,15,17)/t8-/m0/s1. The van der Waals surface area contributed by atoms with Gasteiger partial charge < -0.3 is 14.8 Å². The topological polar surface area (TPSA) is 77.0 Å². The van der Waals surface area contributed by atoms with Crippen LogP contribution in [-0.4, -0.2) is 36.5 Å². The first-order valence-corrected chi connectivity index (χ1v) is 6.06. The number of ether oxygens (including phenoxy) is 2. The summed E-state index contributed by atoms with van der Waals surface area (Å²) in [5.41, 5.74) is 0.637. The maximum absolute atomic E-state index is 11.6. The number of alkyl carbamates (subject to hydrolysis) is 1. The third-order valence-electron chi connectivity index (χ3n) is 2.44. The zero-order chi connectivity index (χ0) is 14.6. The van der Waals surface area contributed by atoms with E-state index in [1.54, 1.807) is 27.7 Å². The molecular formula is C13H20N2O4. The first kappa shape index (κ1) is 15.2. The van der Waals surface area contributed by atoms with Crippen LogP contribution in [0, 0.1) is 0 Å². The molecule has 106 valence electrons. The van der Waals surface area contributed by atoms with Gasteiger partial charge in [0.15, 0.2) is 0 Å². The van der Waals surface area contributed by atoms with Crippen molar-refractivity contribution in [2.24, 2.45) is 4.99 Å². The summed E-state index contributed by atoms with van der Waals surface area (Å²) in [7, 11) is 1.32. The fraction of sp³-hybridized carbons (Fsp3) is 0.615. The molecule has 0 saturated carbocycles. The molecule has 1 aliphatic heterocycles. The normalized spacial score (nSPS) is 16.3. The van der Waals surface area contributed by atoms with Crippen LogP contribution in [-0.2, 0) is 14.3 Å². The molecule has 1 atom stereocenters. The Balaban J connectivity index is 2.47. The number of esters is 1. The van der Waals surface area contributed by atoms with Crippen LogP contribution in [0.25, 0.3) is 0 Å². The molecule has 6 nitrogen and oxygen atoms in total. The number of nitrogens with one attached hydrogen (secondary N) is 1. The second-order valence-electron chi connectivity index (χ2n) is 5.31. The maximum Gasteiger partial charge on any atom is 0.408 e. The number of rotatable bonds is 3. The van der Waals surface area contributed by atoms with Gasteiger partial charge in [-0.3, -0.25) is 4.99 Å². The van der Waals surface area contributed by atoms with E-state index in [0.29, 0.717) is 17.7 Å². The Morgan fingerprint density at radius 3 is 2.58 bits per heavy atom. The number of carbonyl (C=O) groups is 2. The second kappa shape index (κ2) is 5.86. The molecule has 0 radical (unpaired) electrons. The van der Waals surface area contributed by atoms with E-state index in [9.17, 15) is 9.59 Å². The third-order valence-corrected chi connectivity index (χ3v) is 2.44. The van der Waals surface area contributed by atoms with Gasteiger partial charge in [-0.05, 0) is 27.7 Å². The van der Waals surface area contributed by atoms with Gasteiger partial charge in [-0.2, -0.15) is 0 Å². The summed E-state index contributed by atoms with van der Waals surface area (Å²) < 4.78 is 9.77. The molecule has 19 heavy (non-hydrogen) atoms. The lowest BCUT2D eigenvalue weighted by molar-refractivity contribution is -0.136. The summed E-state index contributed by atoms with van der Waals surface area (Å²) in [5, 5.41) is 2.68. The van der Waals surface area contributed by atoms with Gasteiger partial charge in [0.25, 0.3) is 0 Å². The lowest BCUT2D eigenvalue weighted by Gasteiger charge is -2.22. The van der Waals surface area contributed by atoms with Crippen LogP contribution < -0.4 is 5.32 Å². The van der Waals surface area contributed by atoms with Crippen LogP contribution in [0.3, 0.4) is 0 Å². The first-order chi connectivity index (χ1) is 8.73. The smallest absolute Gasteiger partial charge is 0.408 e. The van der Waals surface area contributed by atoms with E-state index in [1.807, 2.05) is 0 Å². The lowest BCUT2D eigenvalue weighted by Crippen LogP contribution is -2.41. The van der Waals surface area contributed by atoms with Crippen molar-refractivity contribution in [2.75, 3.05) is 7.11 Å². The Bertz CT molecular complexity index is 432. The van der Waals surface area contributed by atoms with Gasteiger partial charge in [-0.1, -0.05) is 0 Å². The zero-order valence-corrected chi connectivity index (χ0v) is 11.9. The molecule has 6 heteroatoms. The molecule has 1 N–H and O–H groups in total. The minimum atomic E-state index is -0.545.